The summed E-state index contributed by atoms with van der Waals surface area (Å²) in [4.78, 5) is 9.98. The number of ether oxygens (including phenoxy) is 2. The molecule has 0 spiro atoms. The van der Waals surface area contributed by atoms with Crippen molar-refractivity contribution in [2.45, 2.75) is 109 Å². The molecule has 0 bridgehead atoms. The van der Waals surface area contributed by atoms with E-state index >= 15 is 0 Å². The molecule has 3 N–H and O–H groups in total. The SMILES string of the molecule is CCCCCCCCCCCCCCCCOCC(N)(COCC)COP(=O)(O)OCC[N+](C)(C)C. The zero-order valence-corrected chi connectivity index (χ0v) is 25.2. The van der Waals surface area contributed by atoms with Crippen LogP contribution >= 0.6 is 7.82 Å². The van der Waals surface area contributed by atoms with Crippen molar-refractivity contribution in [2.24, 2.45) is 5.73 Å². The molecule has 36 heavy (non-hydrogen) atoms. The average Bonchev–Trinajstić information content (AvgIpc) is 2.80. The van der Waals surface area contributed by atoms with Crippen LogP contribution in [0.3, 0.4) is 0 Å². The van der Waals surface area contributed by atoms with Crippen LogP contribution in [0.4, 0.5) is 0 Å². The summed E-state index contributed by atoms with van der Waals surface area (Å²) in [5.41, 5.74) is 5.38. The standard InChI is InChI=1S/C27H59N2O6P/c1-6-8-9-10-11-12-13-14-15-16-17-18-19-20-22-33-25-27(28,24-32-7-2)26-35-36(30,31)34-23-21-29(3,4)5/h6-26,28H2,1-5H3/p+1. The third kappa shape index (κ3) is 24.3. The van der Waals surface area contributed by atoms with Gasteiger partial charge in [-0.15, -0.1) is 0 Å². The largest absolute Gasteiger partial charge is 0.472 e. The van der Waals surface area contributed by atoms with E-state index in [1.807, 2.05) is 28.1 Å². The van der Waals surface area contributed by atoms with Crippen molar-refractivity contribution in [1.82, 2.24) is 0 Å². The summed E-state index contributed by atoms with van der Waals surface area (Å²) < 4.78 is 34.4. The highest BCUT2D eigenvalue weighted by molar-refractivity contribution is 7.47. The Bertz CT molecular complexity index is 547. The molecule has 2 unspecified atom stereocenters. The lowest BCUT2D eigenvalue weighted by Gasteiger charge is -2.29. The number of hydrogen-bond donors (Lipinski definition) is 2. The minimum atomic E-state index is -4.18. The summed E-state index contributed by atoms with van der Waals surface area (Å²) in [7, 11) is 1.76. The van der Waals surface area contributed by atoms with Gasteiger partial charge >= 0.3 is 7.82 Å². The van der Waals surface area contributed by atoms with Crippen LogP contribution in [0.25, 0.3) is 0 Å². The highest BCUT2D eigenvalue weighted by Crippen LogP contribution is 2.43. The van der Waals surface area contributed by atoms with Crippen LogP contribution < -0.4 is 5.73 Å². The van der Waals surface area contributed by atoms with Gasteiger partial charge in [0.15, 0.2) is 0 Å². The van der Waals surface area contributed by atoms with Gasteiger partial charge in [-0.3, -0.25) is 9.05 Å². The van der Waals surface area contributed by atoms with E-state index in [1.165, 1.54) is 77.0 Å². The zero-order valence-electron chi connectivity index (χ0n) is 24.3. The number of hydrogen-bond acceptors (Lipinski definition) is 6. The van der Waals surface area contributed by atoms with Crippen LogP contribution in [-0.2, 0) is 23.1 Å². The van der Waals surface area contributed by atoms with Crippen LogP contribution in [-0.4, -0.2) is 82.2 Å². The molecule has 0 aromatic heterocycles. The second kappa shape index (κ2) is 21.8. The summed E-state index contributed by atoms with van der Waals surface area (Å²) in [5, 5.41) is 0. The van der Waals surface area contributed by atoms with Crippen LogP contribution in [0.1, 0.15) is 104 Å². The lowest BCUT2D eigenvalue weighted by Crippen LogP contribution is -2.52. The van der Waals surface area contributed by atoms with Gasteiger partial charge in [0.2, 0.25) is 0 Å². The summed E-state index contributed by atoms with van der Waals surface area (Å²) in [6, 6.07) is 0. The molecule has 0 aliphatic carbocycles. The molecule has 9 heteroatoms. The van der Waals surface area contributed by atoms with Crippen molar-refractivity contribution in [1.29, 1.82) is 0 Å². The summed E-state index contributed by atoms with van der Waals surface area (Å²) in [6.45, 7) is 6.16. The average molecular weight is 540 g/mol. The zero-order chi connectivity index (χ0) is 27.2. The minimum absolute atomic E-state index is 0.121. The predicted octanol–water partition coefficient (Wildman–Crippen LogP) is 6.06. The van der Waals surface area contributed by atoms with Crippen LogP contribution in [0.2, 0.25) is 0 Å². The van der Waals surface area contributed by atoms with E-state index in [1.54, 1.807) is 0 Å². The lowest BCUT2D eigenvalue weighted by atomic mass is 10.0. The quantitative estimate of drug-likeness (QED) is 0.0744. The van der Waals surface area contributed by atoms with E-state index in [2.05, 4.69) is 6.92 Å². The topological polar surface area (TPSA) is 100 Å². The van der Waals surface area contributed by atoms with Gasteiger partial charge in [-0.25, -0.2) is 4.57 Å². The Morgan fingerprint density at radius 1 is 0.694 bits per heavy atom. The normalized spacial score (nSPS) is 15.6. The third-order valence-corrected chi connectivity index (χ3v) is 7.12. The molecule has 8 nitrogen and oxygen atoms in total. The van der Waals surface area contributed by atoms with Gasteiger partial charge in [-0.1, -0.05) is 90.4 Å². The molecule has 0 saturated carbocycles. The first-order valence-electron chi connectivity index (χ1n) is 14.4. The monoisotopic (exact) mass is 539 g/mol. The minimum Gasteiger partial charge on any atom is -0.380 e. The maximum absolute atomic E-state index is 12.2. The van der Waals surface area contributed by atoms with Gasteiger partial charge in [0.1, 0.15) is 13.2 Å². The fourth-order valence-corrected chi connectivity index (χ4v) is 4.59. The Morgan fingerprint density at radius 3 is 1.64 bits per heavy atom. The molecule has 0 aliphatic rings. The first kappa shape index (κ1) is 35.9. The molecule has 0 heterocycles. The maximum Gasteiger partial charge on any atom is 0.472 e. The van der Waals surface area contributed by atoms with E-state index in [0.717, 1.165) is 12.8 Å². The smallest absolute Gasteiger partial charge is 0.380 e. The lowest BCUT2D eigenvalue weighted by molar-refractivity contribution is -0.870. The fraction of sp³-hybridized carbons (Fsp3) is 1.00. The summed E-state index contributed by atoms with van der Waals surface area (Å²) in [6.07, 6.45) is 18.4. The van der Waals surface area contributed by atoms with E-state index in [0.29, 0.717) is 24.2 Å². The number of phosphoric acid groups is 1. The highest BCUT2D eigenvalue weighted by atomic mass is 31.2. The first-order chi connectivity index (χ1) is 17.0. The van der Waals surface area contributed by atoms with Gasteiger partial charge in [0.05, 0.1) is 46.5 Å². The van der Waals surface area contributed by atoms with Gasteiger partial charge in [-0.2, -0.15) is 0 Å². The predicted molar refractivity (Wildman–Crippen MR) is 149 cm³/mol. The van der Waals surface area contributed by atoms with Crippen molar-refractivity contribution in [3.8, 4) is 0 Å². The van der Waals surface area contributed by atoms with Gasteiger partial charge in [-0.05, 0) is 13.3 Å². The number of unbranched alkanes of at least 4 members (excludes halogenated alkanes) is 13. The number of quaternary nitrogens is 1. The van der Waals surface area contributed by atoms with Gasteiger partial charge in [0.25, 0.3) is 0 Å². The second-order valence-electron chi connectivity index (χ2n) is 11.2. The fourth-order valence-electron chi connectivity index (χ4n) is 3.78. The molecular weight excluding hydrogens is 479 g/mol. The van der Waals surface area contributed by atoms with Crippen molar-refractivity contribution >= 4 is 7.82 Å². The van der Waals surface area contributed by atoms with Crippen molar-refractivity contribution in [2.75, 3.05) is 67.3 Å². The Morgan fingerprint density at radius 2 is 1.17 bits per heavy atom. The van der Waals surface area contributed by atoms with Crippen molar-refractivity contribution in [3.05, 3.63) is 0 Å². The van der Waals surface area contributed by atoms with Gasteiger partial charge in [0, 0.05) is 13.2 Å². The molecule has 0 rings (SSSR count). The molecule has 0 saturated heterocycles. The summed E-state index contributed by atoms with van der Waals surface area (Å²) >= 11 is 0. The van der Waals surface area contributed by atoms with E-state index in [-0.39, 0.29) is 26.4 Å². The molecule has 218 valence electrons. The van der Waals surface area contributed by atoms with Crippen LogP contribution in [0, 0.1) is 0 Å². The molecular formula is C27H60N2O6P+. The number of nitrogens with two attached hydrogens (primary N) is 1. The highest BCUT2D eigenvalue weighted by Gasteiger charge is 2.32. The second-order valence-corrected chi connectivity index (χ2v) is 12.7. The first-order valence-corrected chi connectivity index (χ1v) is 15.9. The van der Waals surface area contributed by atoms with E-state index in [9.17, 15) is 9.46 Å². The molecule has 0 aromatic rings. The Balaban J connectivity index is 3.91. The molecule has 0 radical (unpaired) electrons. The Labute approximate surface area is 222 Å². The van der Waals surface area contributed by atoms with Crippen LogP contribution in [0.5, 0.6) is 0 Å². The molecule has 0 amide bonds. The van der Waals surface area contributed by atoms with Crippen molar-refractivity contribution < 1.29 is 32.5 Å². The number of phosphoric ester groups is 1. The summed E-state index contributed by atoms with van der Waals surface area (Å²) in [5.74, 6) is 0. The van der Waals surface area contributed by atoms with Crippen molar-refractivity contribution in [3.63, 3.8) is 0 Å². The van der Waals surface area contributed by atoms with E-state index < -0.39 is 13.4 Å². The number of likely N-dealkylation sites (N-methyl/N-ethyl adjacent to an activating group) is 1. The Kier molecular flexibility index (Phi) is 21.8. The molecule has 0 aromatic carbocycles. The number of nitrogens with zero attached hydrogens (tertiary/aromatic N) is 1. The molecule has 0 aliphatic heterocycles. The Hall–Kier alpha value is -0.0500. The number of rotatable bonds is 27. The van der Waals surface area contributed by atoms with Gasteiger partial charge < -0.3 is 24.6 Å². The van der Waals surface area contributed by atoms with E-state index in [4.69, 9.17) is 24.3 Å². The molecule has 2 atom stereocenters. The molecule has 0 fully saturated rings. The maximum atomic E-state index is 12.2. The van der Waals surface area contributed by atoms with Crippen LogP contribution in [0.15, 0.2) is 0 Å². The third-order valence-electron chi connectivity index (χ3n) is 6.16.